The Hall–Kier alpha value is -3.37. The number of H-pyrrole nitrogens is 1. The molecule has 0 unspecified atom stereocenters. The van der Waals surface area contributed by atoms with Crippen molar-refractivity contribution in [2.75, 3.05) is 24.3 Å². The molecular formula is C20H19N5O2. The molecule has 1 aliphatic heterocycles. The monoisotopic (exact) mass is 361 g/mol. The van der Waals surface area contributed by atoms with Crippen LogP contribution < -0.4 is 11.1 Å². The fraction of sp³-hybridized carbons (Fsp3) is 0.250. The van der Waals surface area contributed by atoms with Crippen LogP contribution in [-0.2, 0) is 9.53 Å². The Morgan fingerprint density at radius 2 is 2.15 bits per heavy atom. The lowest BCUT2D eigenvalue weighted by Gasteiger charge is -2.32. The number of anilines is 2. The summed E-state index contributed by atoms with van der Waals surface area (Å²) in [5, 5.41) is 10.6. The minimum atomic E-state index is -0.170. The molecule has 0 radical (unpaired) electrons. The van der Waals surface area contributed by atoms with Gasteiger partial charge < -0.3 is 15.8 Å². The minimum absolute atomic E-state index is 0.122. The summed E-state index contributed by atoms with van der Waals surface area (Å²) in [6, 6.07) is 7.64. The molecule has 136 valence electrons. The number of benzene rings is 1. The predicted octanol–water partition coefficient (Wildman–Crippen LogP) is 2.55. The summed E-state index contributed by atoms with van der Waals surface area (Å²) >= 11 is 0. The summed E-state index contributed by atoms with van der Waals surface area (Å²) in [5.41, 5.74) is 9.35. The van der Waals surface area contributed by atoms with Crippen LogP contribution in [0, 0.1) is 17.3 Å². The molecule has 4 rings (SSSR count). The van der Waals surface area contributed by atoms with E-state index in [1.54, 1.807) is 6.20 Å². The quantitative estimate of drug-likeness (QED) is 0.608. The smallest absolute Gasteiger partial charge is 0.222 e. The van der Waals surface area contributed by atoms with Crippen molar-refractivity contribution in [3.8, 4) is 23.0 Å². The zero-order valence-electron chi connectivity index (χ0n) is 15.1. The lowest BCUT2D eigenvalue weighted by Crippen LogP contribution is -2.38. The lowest BCUT2D eigenvalue weighted by atomic mass is 9.89. The van der Waals surface area contributed by atoms with Crippen LogP contribution in [0.3, 0.4) is 0 Å². The van der Waals surface area contributed by atoms with Gasteiger partial charge in [0.1, 0.15) is 5.82 Å². The van der Waals surface area contributed by atoms with Crippen molar-refractivity contribution in [2.45, 2.75) is 13.8 Å². The zero-order chi connectivity index (χ0) is 19.0. The first-order valence-electron chi connectivity index (χ1n) is 8.56. The number of nitrogens with two attached hydrogens (primary N) is 1. The third kappa shape index (κ3) is 3.35. The molecule has 1 aliphatic rings. The Morgan fingerprint density at radius 3 is 2.85 bits per heavy atom. The number of pyridine rings is 1. The largest absolute Gasteiger partial charge is 0.382 e. The Kier molecular flexibility index (Phi) is 4.05. The highest BCUT2D eigenvalue weighted by Gasteiger charge is 2.31. The number of nitrogens with zero attached hydrogens (tertiary/aromatic N) is 2. The summed E-state index contributed by atoms with van der Waals surface area (Å²) in [7, 11) is 0. The van der Waals surface area contributed by atoms with Gasteiger partial charge in [0.05, 0.1) is 29.7 Å². The number of fused-ring (bicyclic) bond motifs is 1. The molecule has 7 nitrogen and oxygen atoms in total. The van der Waals surface area contributed by atoms with Gasteiger partial charge in [0.15, 0.2) is 5.82 Å². The van der Waals surface area contributed by atoms with Crippen molar-refractivity contribution in [1.29, 1.82) is 0 Å². The van der Waals surface area contributed by atoms with E-state index < -0.39 is 0 Å². The van der Waals surface area contributed by atoms with Crippen molar-refractivity contribution in [1.82, 2.24) is 15.2 Å². The Labute approximate surface area is 156 Å². The predicted molar refractivity (Wildman–Crippen MR) is 104 cm³/mol. The first-order valence-corrected chi connectivity index (χ1v) is 8.56. The van der Waals surface area contributed by atoms with Crippen molar-refractivity contribution < 1.29 is 9.53 Å². The average Bonchev–Trinajstić information content (AvgIpc) is 2.99. The van der Waals surface area contributed by atoms with Gasteiger partial charge in [-0.3, -0.25) is 9.89 Å². The molecule has 1 aromatic carbocycles. The second-order valence-corrected chi connectivity index (χ2v) is 6.97. The van der Waals surface area contributed by atoms with Gasteiger partial charge in [-0.2, -0.15) is 5.10 Å². The number of rotatable bonds is 2. The number of nitrogen functional groups attached to an aromatic ring is 1. The van der Waals surface area contributed by atoms with Gasteiger partial charge in [0.25, 0.3) is 0 Å². The maximum atomic E-state index is 11.3. The number of hydrogen-bond acceptors (Lipinski definition) is 5. The molecule has 4 N–H and O–H groups in total. The van der Waals surface area contributed by atoms with Crippen LogP contribution in [0.1, 0.15) is 19.4 Å². The normalized spacial score (nSPS) is 14.9. The molecule has 1 fully saturated rings. The summed E-state index contributed by atoms with van der Waals surface area (Å²) < 4.78 is 5.27. The van der Waals surface area contributed by atoms with Crippen molar-refractivity contribution in [2.24, 2.45) is 5.41 Å². The molecule has 27 heavy (non-hydrogen) atoms. The molecular weight excluding hydrogens is 342 g/mol. The molecule has 3 heterocycles. The Morgan fingerprint density at radius 1 is 1.33 bits per heavy atom. The maximum Gasteiger partial charge on any atom is 0.222 e. The van der Waals surface area contributed by atoms with E-state index in [1.165, 1.54) is 6.92 Å². The minimum Gasteiger partial charge on any atom is -0.382 e. The third-order valence-corrected chi connectivity index (χ3v) is 4.44. The number of amides is 1. The summed E-state index contributed by atoms with van der Waals surface area (Å²) in [6.45, 7) is 4.80. The van der Waals surface area contributed by atoms with E-state index in [2.05, 4.69) is 39.3 Å². The molecule has 1 amide bonds. The van der Waals surface area contributed by atoms with E-state index in [0.717, 1.165) is 27.6 Å². The molecule has 3 aromatic rings. The van der Waals surface area contributed by atoms with Gasteiger partial charge in [-0.15, -0.1) is 0 Å². The van der Waals surface area contributed by atoms with Crippen LogP contribution in [0.25, 0.3) is 22.0 Å². The van der Waals surface area contributed by atoms with Gasteiger partial charge in [-0.05, 0) is 42.3 Å². The van der Waals surface area contributed by atoms with Gasteiger partial charge in [0.2, 0.25) is 5.91 Å². The van der Waals surface area contributed by atoms with Gasteiger partial charge in [0, 0.05) is 18.5 Å². The van der Waals surface area contributed by atoms with Gasteiger partial charge in [-0.1, -0.05) is 11.8 Å². The molecule has 0 bridgehead atoms. The second-order valence-electron chi connectivity index (χ2n) is 6.97. The zero-order valence-corrected chi connectivity index (χ0v) is 15.1. The van der Waals surface area contributed by atoms with Gasteiger partial charge >= 0.3 is 0 Å². The second kappa shape index (κ2) is 6.41. The molecule has 0 saturated carbocycles. The fourth-order valence-electron chi connectivity index (χ4n) is 2.96. The van der Waals surface area contributed by atoms with Crippen LogP contribution in [0.5, 0.6) is 0 Å². The van der Waals surface area contributed by atoms with E-state index in [-0.39, 0.29) is 11.3 Å². The highest BCUT2D eigenvalue weighted by molar-refractivity contribution is 5.96. The highest BCUT2D eigenvalue weighted by Crippen LogP contribution is 2.31. The SMILES string of the molecule is CC(=O)Nc1cc(-c2cc(C#CC3(C)COC3)c3[nH]nc(N)c3c2)ccn1. The molecule has 2 aromatic heterocycles. The maximum absolute atomic E-state index is 11.3. The third-order valence-electron chi connectivity index (χ3n) is 4.44. The van der Waals surface area contributed by atoms with Crippen molar-refractivity contribution in [3.63, 3.8) is 0 Å². The number of hydrogen-bond donors (Lipinski definition) is 3. The van der Waals surface area contributed by atoms with Crippen LogP contribution in [0.15, 0.2) is 30.5 Å². The van der Waals surface area contributed by atoms with Crippen molar-refractivity contribution in [3.05, 3.63) is 36.0 Å². The van der Waals surface area contributed by atoms with E-state index >= 15 is 0 Å². The lowest BCUT2D eigenvalue weighted by molar-refractivity contribution is -0.114. The molecule has 0 atom stereocenters. The Bertz CT molecular complexity index is 1100. The van der Waals surface area contributed by atoms with Crippen LogP contribution in [0.2, 0.25) is 0 Å². The first-order chi connectivity index (χ1) is 12.9. The van der Waals surface area contributed by atoms with Crippen LogP contribution in [0.4, 0.5) is 11.6 Å². The molecule has 7 heteroatoms. The average molecular weight is 361 g/mol. The van der Waals surface area contributed by atoms with Crippen molar-refractivity contribution >= 4 is 28.4 Å². The standard InChI is InChI=1S/C20H19N5O2/c1-12(26)23-17-9-13(4-6-22-17)15-7-14(3-5-20(2)10-27-11-20)18-16(8-15)19(21)25-24-18/h4,6-9H,10-11H2,1-2H3,(H3,21,24,25)(H,22,23,26). The van der Waals surface area contributed by atoms with E-state index in [1.807, 2.05) is 24.3 Å². The number of nitrogens with one attached hydrogen (secondary N) is 2. The van der Waals surface area contributed by atoms with Crippen LogP contribution >= 0.6 is 0 Å². The fourth-order valence-corrected chi connectivity index (χ4v) is 2.96. The van der Waals surface area contributed by atoms with E-state index in [9.17, 15) is 4.79 Å². The van der Waals surface area contributed by atoms with Crippen LogP contribution in [-0.4, -0.2) is 34.3 Å². The molecule has 1 saturated heterocycles. The summed E-state index contributed by atoms with van der Waals surface area (Å²) in [6.07, 6.45) is 1.65. The van der Waals surface area contributed by atoms with Gasteiger partial charge in [-0.25, -0.2) is 4.98 Å². The van der Waals surface area contributed by atoms with E-state index in [0.29, 0.717) is 24.8 Å². The summed E-state index contributed by atoms with van der Waals surface area (Å²) in [4.78, 5) is 15.5. The molecule has 0 aliphatic carbocycles. The molecule has 0 spiro atoms. The topological polar surface area (TPSA) is 106 Å². The number of ether oxygens (including phenoxy) is 1. The number of aromatic amines is 1. The number of carbonyl (C=O) groups excluding carboxylic acids is 1. The Balaban J connectivity index is 1.82. The van der Waals surface area contributed by atoms with E-state index in [4.69, 9.17) is 10.5 Å². The first kappa shape index (κ1) is 17.1. The number of carbonyl (C=O) groups is 1. The highest BCUT2D eigenvalue weighted by atomic mass is 16.5. The number of aromatic nitrogens is 3. The summed E-state index contributed by atoms with van der Waals surface area (Å²) in [5.74, 6) is 7.30.